The van der Waals surface area contributed by atoms with E-state index in [2.05, 4.69) is 13.8 Å². The van der Waals surface area contributed by atoms with Crippen molar-refractivity contribution in [2.75, 3.05) is 13.2 Å². The lowest BCUT2D eigenvalue weighted by atomic mass is 9.95. The van der Waals surface area contributed by atoms with E-state index in [0.717, 1.165) is 51.4 Å². The Hall–Kier alpha value is -1.01. The molecule has 0 radical (unpaired) electrons. The summed E-state index contributed by atoms with van der Waals surface area (Å²) < 4.78 is 16.1. The number of aliphatic hydroxyl groups excluding tert-OH is 10. The molecule has 10 N–H and O–H groups in total. The lowest BCUT2D eigenvalue weighted by molar-refractivity contribution is -0.307. The molecular formula is C50H98O14. The molecule has 0 spiro atoms. The van der Waals surface area contributed by atoms with Crippen LogP contribution in [-0.4, -0.2) is 144 Å². The molecule has 0 saturated carbocycles. The van der Waals surface area contributed by atoms with Gasteiger partial charge in [-0.05, 0) is 12.8 Å². The van der Waals surface area contributed by atoms with Gasteiger partial charge in [-0.15, -0.1) is 0 Å². The minimum atomic E-state index is -2.09. The quantitative estimate of drug-likeness (QED) is 0.0223. The molecule has 0 aromatic rings. The van der Waals surface area contributed by atoms with Crippen molar-refractivity contribution in [1.29, 1.82) is 0 Å². The Morgan fingerprint density at radius 3 is 1.20 bits per heavy atom. The van der Waals surface area contributed by atoms with Gasteiger partial charge >= 0.3 is 5.97 Å². The fourth-order valence-corrected chi connectivity index (χ4v) is 8.58. The summed E-state index contributed by atoms with van der Waals surface area (Å²) >= 11 is 0. The number of aliphatic hydroxyl groups is 10. The number of hydrogen-bond acceptors (Lipinski definition) is 14. The molecule has 1 aliphatic heterocycles. The van der Waals surface area contributed by atoms with Crippen molar-refractivity contribution in [1.82, 2.24) is 0 Å². The molecule has 0 bridgehead atoms. The van der Waals surface area contributed by atoms with Crippen molar-refractivity contribution in [3.05, 3.63) is 0 Å². The largest absolute Gasteiger partial charge is 0.455 e. The first-order valence-electron chi connectivity index (χ1n) is 26.1. The zero-order valence-electron chi connectivity index (χ0n) is 40.3. The van der Waals surface area contributed by atoms with Crippen LogP contribution in [0.1, 0.15) is 226 Å². The van der Waals surface area contributed by atoms with Crippen molar-refractivity contribution in [2.45, 2.75) is 299 Å². The fourth-order valence-electron chi connectivity index (χ4n) is 8.58. The average Bonchev–Trinajstić information content (AvgIpc) is 3.29. The number of hydrogen-bond donors (Lipinski definition) is 10. The summed E-state index contributed by atoms with van der Waals surface area (Å²) in [6.45, 7) is 2.88. The Bertz CT molecular complexity index is 1050. The zero-order chi connectivity index (χ0) is 47.4. The molecule has 1 fully saturated rings. The van der Waals surface area contributed by atoms with Crippen LogP contribution < -0.4 is 0 Å². The van der Waals surface area contributed by atoms with E-state index in [1.807, 2.05) is 0 Å². The van der Waals surface area contributed by atoms with E-state index in [0.29, 0.717) is 12.8 Å². The Labute approximate surface area is 387 Å². The molecule has 14 nitrogen and oxygen atoms in total. The molecule has 1 aliphatic rings. The van der Waals surface area contributed by atoms with Crippen LogP contribution in [0, 0.1) is 0 Å². The van der Waals surface area contributed by atoms with Gasteiger partial charge in [0.2, 0.25) is 0 Å². The third kappa shape index (κ3) is 27.7. The van der Waals surface area contributed by atoms with Gasteiger partial charge in [0, 0.05) is 0 Å². The lowest BCUT2D eigenvalue weighted by Crippen LogP contribution is -2.60. The predicted octanol–water partition coefficient (Wildman–Crippen LogP) is 6.79. The highest BCUT2D eigenvalue weighted by Gasteiger charge is 2.45. The maximum Gasteiger partial charge on any atom is 0.338 e. The molecule has 64 heavy (non-hydrogen) atoms. The Morgan fingerprint density at radius 1 is 0.469 bits per heavy atom. The van der Waals surface area contributed by atoms with Crippen LogP contribution >= 0.6 is 0 Å². The van der Waals surface area contributed by atoms with Crippen LogP contribution in [0.2, 0.25) is 0 Å². The topological polar surface area (TPSA) is 247 Å². The van der Waals surface area contributed by atoms with E-state index in [-0.39, 0.29) is 12.8 Å². The molecule has 0 unspecified atom stereocenters. The average molecular weight is 923 g/mol. The summed E-state index contributed by atoms with van der Waals surface area (Å²) in [5.74, 6) is -1.34. The molecule has 382 valence electrons. The summed E-state index contributed by atoms with van der Waals surface area (Å²) in [6, 6.07) is 0. The standard InChI is InChI=1S/C50H98O14/c1-3-5-7-9-11-13-15-16-17-18-19-20-21-22-23-24-25-27-29-31-33-35-39(53)43(55)49(61)63-41(37-62-50-48(60)47(59)44(56)40(36-51)64-50)45(57)46(58)42(54)38(52)34-32-30-28-26-14-12-10-8-6-4-2/h38-48,50-60H,3-37H2,1-2H3/t38-,39+,40+,41-,42-,43+,44-,45-,46+,47-,48+,50-/m0/s1. The lowest BCUT2D eigenvalue weighted by Gasteiger charge is -2.40. The minimum absolute atomic E-state index is 0.108. The molecule has 1 heterocycles. The van der Waals surface area contributed by atoms with Crippen molar-refractivity contribution in [3.63, 3.8) is 0 Å². The second-order valence-electron chi connectivity index (χ2n) is 18.9. The SMILES string of the molecule is CCCCCCCCCCCCCCCCCCCCCCC[C@@H](O)[C@@H](O)C(=O)O[C@@H](CO[C@H]1O[C@H](CO)[C@H](O)[C@H](O)[C@H]1O)[C@H](O)[C@H](O)[C@@H](O)[C@@H](O)CCCCCCCCCCCC. The van der Waals surface area contributed by atoms with Crippen LogP contribution in [0.15, 0.2) is 0 Å². The Morgan fingerprint density at radius 2 is 0.828 bits per heavy atom. The summed E-state index contributed by atoms with van der Waals surface area (Å²) in [7, 11) is 0. The highest BCUT2D eigenvalue weighted by molar-refractivity contribution is 5.75. The Balaban J connectivity index is 2.49. The summed E-state index contributed by atoms with van der Waals surface area (Å²) in [6.07, 6.45) is 15.8. The number of rotatable bonds is 44. The molecule has 12 atom stereocenters. The van der Waals surface area contributed by atoms with E-state index in [4.69, 9.17) is 14.2 Å². The first-order chi connectivity index (χ1) is 30.9. The normalized spacial score (nSPS) is 22.5. The zero-order valence-corrected chi connectivity index (χ0v) is 40.3. The van der Waals surface area contributed by atoms with Gasteiger partial charge in [0.15, 0.2) is 18.5 Å². The maximum absolute atomic E-state index is 13.1. The summed E-state index contributed by atoms with van der Waals surface area (Å²) in [5.41, 5.74) is 0. The maximum atomic E-state index is 13.1. The van der Waals surface area contributed by atoms with Crippen LogP contribution in [0.4, 0.5) is 0 Å². The highest BCUT2D eigenvalue weighted by atomic mass is 16.7. The first-order valence-corrected chi connectivity index (χ1v) is 26.1. The first kappa shape index (κ1) is 61.0. The fraction of sp³-hybridized carbons (Fsp3) is 0.980. The smallest absolute Gasteiger partial charge is 0.338 e. The van der Waals surface area contributed by atoms with Gasteiger partial charge < -0.3 is 65.3 Å². The van der Waals surface area contributed by atoms with Crippen molar-refractivity contribution in [3.8, 4) is 0 Å². The number of esters is 1. The molecule has 0 aromatic heterocycles. The second kappa shape index (κ2) is 39.9. The van der Waals surface area contributed by atoms with Gasteiger partial charge in [0.1, 0.15) is 42.7 Å². The Kier molecular flexibility index (Phi) is 38.1. The third-order valence-electron chi connectivity index (χ3n) is 13.1. The number of carbonyl (C=O) groups excluding carboxylic acids is 1. The van der Waals surface area contributed by atoms with E-state index in [9.17, 15) is 55.9 Å². The summed E-state index contributed by atoms with van der Waals surface area (Å²) in [4.78, 5) is 13.1. The van der Waals surface area contributed by atoms with E-state index < -0.39 is 92.6 Å². The third-order valence-corrected chi connectivity index (χ3v) is 13.1. The number of ether oxygens (including phenoxy) is 3. The van der Waals surface area contributed by atoms with Crippen LogP contribution in [-0.2, 0) is 19.0 Å². The predicted molar refractivity (Wildman–Crippen MR) is 249 cm³/mol. The highest BCUT2D eigenvalue weighted by Crippen LogP contribution is 2.24. The molecular weight excluding hydrogens is 825 g/mol. The van der Waals surface area contributed by atoms with E-state index in [1.54, 1.807) is 0 Å². The second-order valence-corrected chi connectivity index (χ2v) is 18.9. The molecule has 0 amide bonds. The minimum Gasteiger partial charge on any atom is -0.455 e. The van der Waals surface area contributed by atoms with Gasteiger partial charge in [0.25, 0.3) is 0 Å². The van der Waals surface area contributed by atoms with Gasteiger partial charge in [-0.3, -0.25) is 0 Å². The van der Waals surface area contributed by atoms with Crippen molar-refractivity contribution >= 4 is 5.97 Å². The van der Waals surface area contributed by atoms with Crippen molar-refractivity contribution in [2.24, 2.45) is 0 Å². The number of unbranched alkanes of at least 4 members (excludes halogenated alkanes) is 29. The summed E-state index contributed by atoms with van der Waals surface area (Å²) in [5, 5.41) is 105. The van der Waals surface area contributed by atoms with E-state index in [1.165, 1.54) is 135 Å². The van der Waals surface area contributed by atoms with Gasteiger partial charge in [-0.1, -0.05) is 213 Å². The van der Waals surface area contributed by atoms with E-state index >= 15 is 0 Å². The molecule has 0 aliphatic carbocycles. The molecule has 1 rings (SSSR count). The number of carbonyl (C=O) groups is 1. The van der Waals surface area contributed by atoms with Crippen LogP contribution in [0.3, 0.4) is 0 Å². The van der Waals surface area contributed by atoms with Gasteiger partial charge in [-0.25, -0.2) is 4.79 Å². The van der Waals surface area contributed by atoms with Gasteiger partial charge in [0.05, 0.1) is 25.4 Å². The monoisotopic (exact) mass is 923 g/mol. The van der Waals surface area contributed by atoms with Crippen molar-refractivity contribution < 1.29 is 70.1 Å². The molecule has 1 saturated heterocycles. The van der Waals surface area contributed by atoms with Crippen LogP contribution in [0.5, 0.6) is 0 Å². The van der Waals surface area contributed by atoms with Crippen LogP contribution in [0.25, 0.3) is 0 Å². The van der Waals surface area contributed by atoms with Gasteiger partial charge in [-0.2, -0.15) is 0 Å². The molecule has 14 heteroatoms. The molecule has 0 aromatic carbocycles.